The number of aryl methyl sites for hydroxylation is 1. The number of benzene rings is 1. The molecular weight excluding hydrogens is 368 g/mol. The standard InChI is InChI=1S/C21H22N6O2/c28-21(18-7-6-16-4-1-2-5-17(16)29-18)26-12-10-25(11-13-26)19-14-20(23-15-22-19)27-9-3-8-24-27/h1-5,8-9,14-15,18H,6-7,10-13H2. The molecule has 0 bridgehead atoms. The number of rotatable bonds is 3. The van der Waals surface area contributed by atoms with E-state index in [0.717, 1.165) is 43.3 Å². The van der Waals surface area contributed by atoms with Crippen LogP contribution in [0.3, 0.4) is 0 Å². The first kappa shape index (κ1) is 17.7. The molecule has 0 N–H and O–H groups in total. The number of fused-ring (bicyclic) bond motifs is 1. The molecule has 1 unspecified atom stereocenters. The van der Waals surface area contributed by atoms with E-state index in [4.69, 9.17) is 4.74 Å². The first-order chi connectivity index (χ1) is 14.3. The SMILES string of the molecule is O=C(C1CCc2ccccc2O1)N1CCN(c2cc(-n3cccn3)ncn2)CC1. The number of amides is 1. The number of para-hydroxylation sites is 1. The highest BCUT2D eigenvalue weighted by Gasteiger charge is 2.31. The Labute approximate surface area is 168 Å². The summed E-state index contributed by atoms with van der Waals surface area (Å²) in [5, 5.41) is 4.22. The summed E-state index contributed by atoms with van der Waals surface area (Å²) >= 11 is 0. The number of carbonyl (C=O) groups is 1. The molecule has 5 rings (SSSR count). The average molecular weight is 390 g/mol. The zero-order chi connectivity index (χ0) is 19.6. The molecule has 1 atom stereocenters. The van der Waals surface area contributed by atoms with Crippen molar-refractivity contribution in [2.75, 3.05) is 31.1 Å². The number of hydrogen-bond acceptors (Lipinski definition) is 6. The van der Waals surface area contributed by atoms with Gasteiger partial charge in [0.25, 0.3) is 5.91 Å². The van der Waals surface area contributed by atoms with Gasteiger partial charge in [0.15, 0.2) is 11.9 Å². The number of ether oxygens (including phenoxy) is 1. The van der Waals surface area contributed by atoms with Gasteiger partial charge in [-0.1, -0.05) is 18.2 Å². The molecule has 0 saturated carbocycles. The Hall–Kier alpha value is -3.42. The van der Waals surface area contributed by atoms with Crippen molar-refractivity contribution in [3.05, 3.63) is 60.7 Å². The Kier molecular flexibility index (Phi) is 4.59. The van der Waals surface area contributed by atoms with Crippen molar-refractivity contribution in [3.63, 3.8) is 0 Å². The lowest BCUT2D eigenvalue weighted by atomic mass is 10.0. The summed E-state index contributed by atoms with van der Waals surface area (Å²) in [4.78, 5) is 25.7. The molecule has 8 heteroatoms. The lowest BCUT2D eigenvalue weighted by Crippen LogP contribution is -2.53. The fraction of sp³-hybridized carbons (Fsp3) is 0.333. The van der Waals surface area contributed by atoms with Crippen LogP contribution in [0.1, 0.15) is 12.0 Å². The maximum absolute atomic E-state index is 13.0. The van der Waals surface area contributed by atoms with E-state index in [0.29, 0.717) is 13.1 Å². The van der Waals surface area contributed by atoms with Crippen LogP contribution in [0.15, 0.2) is 55.1 Å². The van der Waals surface area contributed by atoms with Crippen molar-refractivity contribution >= 4 is 11.7 Å². The molecule has 1 fully saturated rings. The van der Waals surface area contributed by atoms with Gasteiger partial charge in [-0.05, 0) is 30.5 Å². The lowest BCUT2D eigenvalue weighted by Gasteiger charge is -2.37. The van der Waals surface area contributed by atoms with E-state index in [-0.39, 0.29) is 12.0 Å². The van der Waals surface area contributed by atoms with Gasteiger partial charge in [-0.3, -0.25) is 4.79 Å². The van der Waals surface area contributed by atoms with Gasteiger partial charge in [-0.2, -0.15) is 5.10 Å². The third-order valence-corrected chi connectivity index (χ3v) is 5.49. The quantitative estimate of drug-likeness (QED) is 0.678. The van der Waals surface area contributed by atoms with Gasteiger partial charge in [-0.25, -0.2) is 14.6 Å². The fourth-order valence-corrected chi connectivity index (χ4v) is 3.90. The van der Waals surface area contributed by atoms with Crippen molar-refractivity contribution < 1.29 is 9.53 Å². The van der Waals surface area contributed by atoms with Gasteiger partial charge in [0.1, 0.15) is 17.9 Å². The number of piperazine rings is 1. The molecule has 3 aromatic rings. The highest BCUT2D eigenvalue weighted by atomic mass is 16.5. The Morgan fingerprint density at radius 1 is 1.03 bits per heavy atom. The molecule has 1 saturated heterocycles. The van der Waals surface area contributed by atoms with Crippen molar-refractivity contribution in [1.82, 2.24) is 24.6 Å². The Morgan fingerprint density at radius 3 is 2.69 bits per heavy atom. The minimum absolute atomic E-state index is 0.0825. The summed E-state index contributed by atoms with van der Waals surface area (Å²) in [5.74, 6) is 2.50. The van der Waals surface area contributed by atoms with Crippen LogP contribution in [0.4, 0.5) is 5.82 Å². The third kappa shape index (κ3) is 3.53. The molecular formula is C21H22N6O2. The van der Waals surface area contributed by atoms with Crippen LogP contribution in [0.2, 0.25) is 0 Å². The van der Waals surface area contributed by atoms with Crippen molar-refractivity contribution in [3.8, 4) is 11.6 Å². The Morgan fingerprint density at radius 2 is 1.86 bits per heavy atom. The lowest BCUT2D eigenvalue weighted by molar-refractivity contribution is -0.139. The number of aromatic nitrogens is 4. The topological polar surface area (TPSA) is 76.4 Å². The Bertz CT molecular complexity index is 998. The second kappa shape index (κ2) is 7.54. The van der Waals surface area contributed by atoms with Gasteiger partial charge < -0.3 is 14.5 Å². The minimum Gasteiger partial charge on any atom is -0.480 e. The first-order valence-electron chi connectivity index (χ1n) is 9.88. The normalized spacial score (nSPS) is 18.8. The van der Waals surface area contributed by atoms with Gasteiger partial charge >= 0.3 is 0 Å². The second-order valence-corrected chi connectivity index (χ2v) is 7.25. The molecule has 8 nitrogen and oxygen atoms in total. The van der Waals surface area contributed by atoms with Crippen LogP contribution in [-0.2, 0) is 11.2 Å². The predicted octanol–water partition coefficient (Wildman–Crippen LogP) is 1.70. The summed E-state index contributed by atoms with van der Waals surface area (Å²) in [7, 11) is 0. The zero-order valence-corrected chi connectivity index (χ0v) is 16.0. The monoisotopic (exact) mass is 390 g/mol. The van der Waals surface area contributed by atoms with E-state index in [2.05, 4.69) is 26.0 Å². The third-order valence-electron chi connectivity index (χ3n) is 5.49. The molecule has 29 heavy (non-hydrogen) atoms. The largest absolute Gasteiger partial charge is 0.480 e. The van der Waals surface area contributed by atoms with Gasteiger partial charge in [0.05, 0.1) is 0 Å². The van der Waals surface area contributed by atoms with Crippen LogP contribution in [0.5, 0.6) is 5.75 Å². The molecule has 0 spiro atoms. The minimum atomic E-state index is -0.387. The molecule has 2 aliphatic rings. The maximum Gasteiger partial charge on any atom is 0.263 e. The predicted molar refractivity (Wildman–Crippen MR) is 107 cm³/mol. The highest BCUT2D eigenvalue weighted by molar-refractivity contribution is 5.82. The summed E-state index contributed by atoms with van der Waals surface area (Å²) < 4.78 is 7.69. The number of anilines is 1. The summed E-state index contributed by atoms with van der Waals surface area (Å²) in [5.41, 5.74) is 1.18. The van der Waals surface area contributed by atoms with E-state index in [1.807, 2.05) is 41.4 Å². The van der Waals surface area contributed by atoms with Crippen LogP contribution in [0.25, 0.3) is 5.82 Å². The molecule has 2 aliphatic heterocycles. The fourth-order valence-electron chi connectivity index (χ4n) is 3.90. The van der Waals surface area contributed by atoms with E-state index < -0.39 is 0 Å². The second-order valence-electron chi connectivity index (χ2n) is 7.25. The van der Waals surface area contributed by atoms with Crippen LogP contribution < -0.4 is 9.64 Å². The van der Waals surface area contributed by atoms with E-state index >= 15 is 0 Å². The molecule has 1 aromatic carbocycles. The van der Waals surface area contributed by atoms with Crippen molar-refractivity contribution in [2.24, 2.45) is 0 Å². The zero-order valence-electron chi connectivity index (χ0n) is 16.0. The summed E-state index contributed by atoms with van der Waals surface area (Å²) in [6.07, 6.45) is 6.35. The average Bonchev–Trinajstić information content (AvgIpc) is 3.34. The van der Waals surface area contributed by atoms with Gasteiger partial charge in [0, 0.05) is 44.6 Å². The highest BCUT2D eigenvalue weighted by Crippen LogP contribution is 2.28. The van der Waals surface area contributed by atoms with Gasteiger partial charge in [0.2, 0.25) is 0 Å². The number of hydrogen-bond donors (Lipinski definition) is 0. The summed E-state index contributed by atoms with van der Waals surface area (Å²) in [6.45, 7) is 2.76. The van der Waals surface area contributed by atoms with Crippen LogP contribution in [0, 0.1) is 0 Å². The van der Waals surface area contributed by atoms with Gasteiger partial charge in [-0.15, -0.1) is 0 Å². The molecule has 148 valence electrons. The smallest absolute Gasteiger partial charge is 0.263 e. The molecule has 2 aromatic heterocycles. The number of nitrogens with zero attached hydrogens (tertiary/aromatic N) is 6. The summed E-state index contributed by atoms with van der Waals surface area (Å²) in [6, 6.07) is 11.7. The number of carbonyl (C=O) groups excluding carboxylic acids is 1. The molecule has 1 amide bonds. The van der Waals surface area contributed by atoms with E-state index in [1.54, 1.807) is 17.2 Å². The van der Waals surface area contributed by atoms with E-state index in [9.17, 15) is 4.79 Å². The Balaban J connectivity index is 1.22. The molecule has 0 aliphatic carbocycles. The maximum atomic E-state index is 13.0. The van der Waals surface area contributed by atoms with E-state index in [1.165, 1.54) is 5.56 Å². The van der Waals surface area contributed by atoms with Crippen molar-refractivity contribution in [2.45, 2.75) is 18.9 Å². The molecule has 0 radical (unpaired) electrons. The van der Waals surface area contributed by atoms with Crippen molar-refractivity contribution in [1.29, 1.82) is 0 Å². The van der Waals surface area contributed by atoms with Crippen LogP contribution >= 0.6 is 0 Å². The first-order valence-corrected chi connectivity index (χ1v) is 9.88. The van der Waals surface area contributed by atoms with Crippen LogP contribution in [-0.4, -0.2) is 62.8 Å². The molecule has 4 heterocycles.